The highest BCUT2D eigenvalue weighted by Gasteiger charge is 2.21. The van der Waals surface area contributed by atoms with E-state index in [2.05, 4.69) is 10.7 Å². The standard InChI is InChI=1S/C10H21N5O2/c1-8(2)12-9(16)7-14-3-5-15(6-4-14)10(17)13-11/h8H,3-7,11H2,1-2H3,(H,12,16)(H,13,17). The van der Waals surface area contributed by atoms with E-state index in [1.165, 1.54) is 0 Å². The van der Waals surface area contributed by atoms with E-state index in [1.807, 2.05) is 18.7 Å². The average Bonchev–Trinajstić information content (AvgIpc) is 2.28. The molecule has 1 rings (SSSR count). The predicted molar refractivity (Wildman–Crippen MR) is 64.0 cm³/mol. The van der Waals surface area contributed by atoms with Gasteiger partial charge in [-0.2, -0.15) is 0 Å². The van der Waals surface area contributed by atoms with Crippen LogP contribution in [0, 0.1) is 0 Å². The number of nitrogens with two attached hydrogens (primary N) is 1. The molecule has 0 bridgehead atoms. The van der Waals surface area contributed by atoms with Crippen LogP contribution in [0.25, 0.3) is 0 Å². The Labute approximate surface area is 101 Å². The summed E-state index contributed by atoms with van der Waals surface area (Å²) >= 11 is 0. The largest absolute Gasteiger partial charge is 0.353 e. The highest BCUT2D eigenvalue weighted by molar-refractivity contribution is 5.78. The Balaban J connectivity index is 2.27. The van der Waals surface area contributed by atoms with E-state index >= 15 is 0 Å². The van der Waals surface area contributed by atoms with Gasteiger partial charge in [0, 0.05) is 32.2 Å². The van der Waals surface area contributed by atoms with Crippen molar-refractivity contribution in [3.05, 3.63) is 0 Å². The zero-order valence-corrected chi connectivity index (χ0v) is 10.4. The molecule has 1 aliphatic rings. The van der Waals surface area contributed by atoms with Crippen molar-refractivity contribution >= 4 is 11.9 Å². The molecule has 0 aromatic carbocycles. The fourth-order valence-electron chi connectivity index (χ4n) is 1.77. The molecule has 1 saturated heterocycles. The minimum Gasteiger partial charge on any atom is -0.353 e. The van der Waals surface area contributed by atoms with Crippen LogP contribution in [0.15, 0.2) is 0 Å². The Morgan fingerprint density at radius 2 is 1.82 bits per heavy atom. The Kier molecular flexibility index (Phi) is 5.17. The first-order valence-electron chi connectivity index (χ1n) is 5.80. The normalized spacial score (nSPS) is 17.1. The lowest BCUT2D eigenvalue weighted by molar-refractivity contribution is -0.123. The van der Waals surface area contributed by atoms with Crippen LogP contribution < -0.4 is 16.6 Å². The van der Waals surface area contributed by atoms with Crippen molar-refractivity contribution in [1.82, 2.24) is 20.5 Å². The summed E-state index contributed by atoms with van der Waals surface area (Å²) in [5, 5.41) is 2.84. The Morgan fingerprint density at radius 1 is 1.24 bits per heavy atom. The van der Waals surface area contributed by atoms with E-state index in [4.69, 9.17) is 5.84 Å². The van der Waals surface area contributed by atoms with Gasteiger partial charge in [0.1, 0.15) is 0 Å². The van der Waals surface area contributed by atoms with E-state index in [0.717, 1.165) is 0 Å². The molecule has 0 atom stereocenters. The molecule has 3 amide bonds. The zero-order valence-electron chi connectivity index (χ0n) is 10.4. The second-order valence-corrected chi connectivity index (χ2v) is 4.43. The number of hydrogen-bond acceptors (Lipinski definition) is 4. The van der Waals surface area contributed by atoms with Crippen LogP contribution in [0.2, 0.25) is 0 Å². The molecule has 1 aliphatic heterocycles. The van der Waals surface area contributed by atoms with Crippen LogP contribution in [0.3, 0.4) is 0 Å². The van der Waals surface area contributed by atoms with Crippen LogP contribution in [0.4, 0.5) is 4.79 Å². The number of carbonyl (C=O) groups excluding carboxylic acids is 2. The fourth-order valence-corrected chi connectivity index (χ4v) is 1.77. The summed E-state index contributed by atoms with van der Waals surface area (Å²) in [6.07, 6.45) is 0. The van der Waals surface area contributed by atoms with Gasteiger partial charge in [0.15, 0.2) is 0 Å². The lowest BCUT2D eigenvalue weighted by Crippen LogP contribution is -2.54. The van der Waals surface area contributed by atoms with Gasteiger partial charge < -0.3 is 10.2 Å². The molecule has 0 aromatic rings. The van der Waals surface area contributed by atoms with Crippen molar-refractivity contribution in [2.75, 3.05) is 32.7 Å². The molecule has 1 heterocycles. The molecular formula is C10H21N5O2. The van der Waals surface area contributed by atoms with Gasteiger partial charge in [-0.3, -0.25) is 15.1 Å². The molecule has 0 radical (unpaired) electrons. The highest BCUT2D eigenvalue weighted by atomic mass is 16.2. The molecule has 0 saturated carbocycles. The molecule has 0 aromatic heterocycles. The number of carbonyl (C=O) groups is 2. The number of piperazine rings is 1. The Morgan fingerprint density at radius 3 is 2.29 bits per heavy atom. The fraction of sp³-hybridized carbons (Fsp3) is 0.800. The quantitative estimate of drug-likeness (QED) is 0.327. The number of amides is 3. The number of urea groups is 1. The molecular weight excluding hydrogens is 222 g/mol. The summed E-state index contributed by atoms with van der Waals surface area (Å²) < 4.78 is 0. The third kappa shape index (κ3) is 4.58. The van der Waals surface area contributed by atoms with Crippen molar-refractivity contribution in [1.29, 1.82) is 0 Å². The molecule has 4 N–H and O–H groups in total. The molecule has 17 heavy (non-hydrogen) atoms. The third-order valence-electron chi connectivity index (χ3n) is 2.60. The van der Waals surface area contributed by atoms with Crippen molar-refractivity contribution in [3.63, 3.8) is 0 Å². The molecule has 7 nitrogen and oxygen atoms in total. The summed E-state index contributed by atoms with van der Waals surface area (Å²) in [5.74, 6) is 5.08. The van der Waals surface area contributed by atoms with Crippen LogP contribution >= 0.6 is 0 Å². The van der Waals surface area contributed by atoms with Gasteiger partial charge in [0.05, 0.1) is 6.54 Å². The van der Waals surface area contributed by atoms with E-state index in [-0.39, 0.29) is 18.0 Å². The molecule has 7 heteroatoms. The third-order valence-corrected chi connectivity index (χ3v) is 2.60. The van der Waals surface area contributed by atoms with Crippen molar-refractivity contribution in [3.8, 4) is 0 Å². The minimum atomic E-state index is -0.267. The van der Waals surface area contributed by atoms with Gasteiger partial charge in [0.25, 0.3) is 0 Å². The summed E-state index contributed by atoms with van der Waals surface area (Å²) in [4.78, 5) is 26.4. The number of hydrazine groups is 1. The van der Waals surface area contributed by atoms with E-state index in [9.17, 15) is 9.59 Å². The maximum absolute atomic E-state index is 11.5. The summed E-state index contributed by atoms with van der Waals surface area (Å²) in [6.45, 7) is 6.83. The lowest BCUT2D eigenvalue weighted by atomic mass is 10.3. The average molecular weight is 243 g/mol. The second-order valence-electron chi connectivity index (χ2n) is 4.43. The number of nitrogens with one attached hydrogen (secondary N) is 2. The predicted octanol–water partition coefficient (Wildman–Crippen LogP) is -1.29. The summed E-state index contributed by atoms with van der Waals surface area (Å²) in [5.41, 5.74) is 2.11. The first kappa shape index (κ1) is 13.7. The molecule has 98 valence electrons. The number of nitrogens with zero attached hydrogens (tertiary/aromatic N) is 2. The SMILES string of the molecule is CC(C)NC(=O)CN1CCN(C(=O)NN)CC1. The zero-order chi connectivity index (χ0) is 12.8. The lowest BCUT2D eigenvalue weighted by Gasteiger charge is -2.33. The monoisotopic (exact) mass is 243 g/mol. The number of rotatable bonds is 3. The first-order chi connectivity index (χ1) is 8.02. The molecule has 1 fully saturated rings. The van der Waals surface area contributed by atoms with Crippen LogP contribution in [-0.4, -0.2) is 60.5 Å². The first-order valence-corrected chi connectivity index (χ1v) is 5.80. The van der Waals surface area contributed by atoms with E-state index < -0.39 is 0 Å². The van der Waals surface area contributed by atoms with Crippen LogP contribution in [-0.2, 0) is 4.79 Å². The second kappa shape index (κ2) is 6.41. The van der Waals surface area contributed by atoms with Gasteiger partial charge in [0.2, 0.25) is 5.91 Å². The van der Waals surface area contributed by atoms with E-state index in [0.29, 0.717) is 32.7 Å². The van der Waals surface area contributed by atoms with Gasteiger partial charge >= 0.3 is 6.03 Å². The topological polar surface area (TPSA) is 90.7 Å². The summed E-state index contributed by atoms with van der Waals surface area (Å²) in [7, 11) is 0. The maximum Gasteiger partial charge on any atom is 0.331 e. The van der Waals surface area contributed by atoms with Crippen molar-refractivity contribution in [2.45, 2.75) is 19.9 Å². The summed E-state index contributed by atoms with van der Waals surface area (Å²) in [6, 6.07) is -0.108. The van der Waals surface area contributed by atoms with Crippen LogP contribution in [0.5, 0.6) is 0 Å². The van der Waals surface area contributed by atoms with Crippen molar-refractivity contribution < 1.29 is 9.59 Å². The van der Waals surface area contributed by atoms with E-state index in [1.54, 1.807) is 4.90 Å². The molecule has 0 unspecified atom stereocenters. The van der Waals surface area contributed by atoms with Crippen LogP contribution in [0.1, 0.15) is 13.8 Å². The maximum atomic E-state index is 11.5. The van der Waals surface area contributed by atoms with Gasteiger partial charge in [-0.1, -0.05) is 0 Å². The highest BCUT2D eigenvalue weighted by Crippen LogP contribution is 2.01. The molecule has 0 spiro atoms. The van der Waals surface area contributed by atoms with Gasteiger partial charge in [-0.25, -0.2) is 10.6 Å². The van der Waals surface area contributed by atoms with Gasteiger partial charge in [-0.05, 0) is 13.8 Å². The van der Waals surface area contributed by atoms with Crippen molar-refractivity contribution in [2.24, 2.45) is 5.84 Å². The smallest absolute Gasteiger partial charge is 0.331 e. The number of hydrogen-bond donors (Lipinski definition) is 3. The molecule has 0 aliphatic carbocycles. The van der Waals surface area contributed by atoms with Gasteiger partial charge in [-0.15, -0.1) is 0 Å². The Hall–Kier alpha value is -1.34. The minimum absolute atomic E-state index is 0.0247. The Bertz CT molecular complexity index is 274.